The summed E-state index contributed by atoms with van der Waals surface area (Å²) in [5.41, 5.74) is 0. The van der Waals surface area contributed by atoms with Crippen molar-refractivity contribution in [2.45, 2.75) is 25.6 Å². The smallest absolute Gasteiger partial charge is 0.264 e. The number of para-hydroxylation sites is 2. The molecule has 0 bridgehead atoms. The van der Waals surface area contributed by atoms with Gasteiger partial charge in [0, 0.05) is 25.0 Å². The maximum Gasteiger partial charge on any atom is 0.264 e. The van der Waals surface area contributed by atoms with Crippen molar-refractivity contribution in [2.75, 3.05) is 6.61 Å². The minimum atomic E-state index is -0.620. The molecule has 0 radical (unpaired) electrons. The van der Waals surface area contributed by atoms with Crippen molar-refractivity contribution >= 4 is 5.91 Å². The molecule has 6 heteroatoms. The highest BCUT2D eigenvalue weighted by molar-refractivity contribution is 5.82. The molecule has 1 aliphatic rings. The molecule has 1 amide bonds. The number of aromatic nitrogens is 2. The molecular formula is C15H17N3O3. The predicted molar refractivity (Wildman–Crippen MR) is 76.2 cm³/mol. The summed E-state index contributed by atoms with van der Waals surface area (Å²) >= 11 is 0. The number of hydrogen-bond acceptors (Lipinski definition) is 4. The van der Waals surface area contributed by atoms with Crippen LogP contribution in [0.3, 0.4) is 0 Å². The number of ether oxygens (including phenoxy) is 2. The zero-order valence-electron chi connectivity index (χ0n) is 11.7. The number of amides is 1. The Morgan fingerprint density at radius 3 is 3.05 bits per heavy atom. The van der Waals surface area contributed by atoms with Gasteiger partial charge in [0.1, 0.15) is 6.61 Å². The Balaban J connectivity index is 1.56. The zero-order chi connectivity index (χ0) is 14.7. The highest BCUT2D eigenvalue weighted by atomic mass is 16.6. The van der Waals surface area contributed by atoms with Crippen LogP contribution in [0.25, 0.3) is 0 Å². The standard InChI is InChI=1S/C15H17N3O3/c1-11(8-18-7-6-16-10-18)17-15(19)14-9-20-12-4-2-3-5-13(12)21-14/h2-7,10-11,14H,8-9H2,1H3,(H,17,19). The first-order chi connectivity index (χ1) is 10.2. The van der Waals surface area contributed by atoms with Gasteiger partial charge < -0.3 is 19.4 Å². The molecule has 0 saturated carbocycles. The normalized spacial score (nSPS) is 18.0. The number of fused-ring (bicyclic) bond motifs is 1. The second-order valence-electron chi connectivity index (χ2n) is 5.03. The molecule has 1 aromatic heterocycles. The number of rotatable bonds is 4. The molecule has 1 aliphatic heterocycles. The fourth-order valence-electron chi connectivity index (χ4n) is 2.24. The lowest BCUT2D eigenvalue weighted by Gasteiger charge is -2.26. The minimum absolute atomic E-state index is 0.0209. The van der Waals surface area contributed by atoms with Crippen molar-refractivity contribution in [2.24, 2.45) is 0 Å². The summed E-state index contributed by atoms with van der Waals surface area (Å²) in [5, 5.41) is 2.93. The molecule has 0 spiro atoms. The minimum Gasteiger partial charge on any atom is -0.485 e. The predicted octanol–water partition coefficient (Wildman–Crippen LogP) is 1.23. The number of hydrogen-bond donors (Lipinski definition) is 1. The highest BCUT2D eigenvalue weighted by Crippen LogP contribution is 2.30. The maximum atomic E-state index is 12.2. The Bertz CT molecular complexity index is 612. The number of imidazole rings is 1. The molecule has 0 saturated heterocycles. The van der Waals surface area contributed by atoms with Crippen LogP contribution in [-0.2, 0) is 11.3 Å². The van der Waals surface area contributed by atoms with E-state index >= 15 is 0 Å². The molecule has 0 aliphatic carbocycles. The number of carbonyl (C=O) groups excluding carboxylic acids is 1. The third kappa shape index (κ3) is 3.16. The van der Waals surface area contributed by atoms with Crippen molar-refractivity contribution in [3.05, 3.63) is 43.0 Å². The van der Waals surface area contributed by atoms with Gasteiger partial charge in [-0.1, -0.05) is 12.1 Å². The molecule has 2 aromatic rings. The first kappa shape index (κ1) is 13.5. The number of benzene rings is 1. The fourth-order valence-corrected chi connectivity index (χ4v) is 2.24. The lowest BCUT2D eigenvalue weighted by molar-refractivity contribution is -0.131. The van der Waals surface area contributed by atoms with E-state index in [0.717, 1.165) is 0 Å². The lowest BCUT2D eigenvalue weighted by atomic mass is 10.2. The Kier molecular flexibility index (Phi) is 3.77. The number of nitrogens with one attached hydrogen (secondary N) is 1. The molecule has 1 aromatic carbocycles. The van der Waals surface area contributed by atoms with Gasteiger partial charge in [-0.2, -0.15) is 0 Å². The summed E-state index contributed by atoms with van der Waals surface area (Å²) in [5.74, 6) is 1.11. The van der Waals surface area contributed by atoms with E-state index < -0.39 is 6.10 Å². The van der Waals surface area contributed by atoms with E-state index in [1.807, 2.05) is 35.9 Å². The Morgan fingerprint density at radius 2 is 2.29 bits per heavy atom. The van der Waals surface area contributed by atoms with E-state index in [0.29, 0.717) is 18.0 Å². The van der Waals surface area contributed by atoms with E-state index in [2.05, 4.69) is 10.3 Å². The van der Waals surface area contributed by atoms with E-state index in [4.69, 9.17) is 9.47 Å². The Morgan fingerprint density at radius 1 is 1.48 bits per heavy atom. The summed E-state index contributed by atoms with van der Waals surface area (Å²) in [6.07, 6.45) is 4.67. The monoisotopic (exact) mass is 287 g/mol. The molecule has 6 nitrogen and oxygen atoms in total. The van der Waals surface area contributed by atoms with Crippen LogP contribution in [0.2, 0.25) is 0 Å². The largest absolute Gasteiger partial charge is 0.485 e. The van der Waals surface area contributed by atoms with Crippen molar-refractivity contribution < 1.29 is 14.3 Å². The van der Waals surface area contributed by atoms with Crippen LogP contribution >= 0.6 is 0 Å². The molecule has 21 heavy (non-hydrogen) atoms. The van der Waals surface area contributed by atoms with Crippen molar-refractivity contribution in [3.8, 4) is 11.5 Å². The van der Waals surface area contributed by atoms with Gasteiger partial charge in [0.2, 0.25) is 6.10 Å². The van der Waals surface area contributed by atoms with Crippen LogP contribution in [0.5, 0.6) is 11.5 Å². The Labute approximate surface area is 122 Å². The Hall–Kier alpha value is -2.50. The van der Waals surface area contributed by atoms with Gasteiger partial charge >= 0.3 is 0 Å². The quantitative estimate of drug-likeness (QED) is 0.918. The van der Waals surface area contributed by atoms with Gasteiger partial charge in [-0.25, -0.2) is 4.98 Å². The number of carbonyl (C=O) groups is 1. The molecule has 2 unspecified atom stereocenters. The van der Waals surface area contributed by atoms with Crippen molar-refractivity contribution in [3.63, 3.8) is 0 Å². The van der Waals surface area contributed by atoms with E-state index in [1.165, 1.54) is 0 Å². The van der Waals surface area contributed by atoms with Crippen LogP contribution < -0.4 is 14.8 Å². The molecule has 110 valence electrons. The average molecular weight is 287 g/mol. The first-order valence-corrected chi connectivity index (χ1v) is 6.87. The summed E-state index contributed by atoms with van der Waals surface area (Å²) in [6.45, 7) is 2.83. The highest BCUT2D eigenvalue weighted by Gasteiger charge is 2.27. The topological polar surface area (TPSA) is 65.4 Å². The van der Waals surface area contributed by atoms with Crippen LogP contribution in [-0.4, -0.2) is 34.2 Å². The van der Waals surface area contributed by atoms with E-state index in [1.54, 1.807) is 18.6 Å². The number of nitrogens with zero attached hydrogens (tertiary/aromatic N) is 2. The maximum absolute atomic E-state index is 12.2. The van der Waals surface area contributed by atoms with Crippen LogP contribution in [0.1, 0.15) is 6.92 Å². The van der Waals surface area contributed by atoms with E-state index in [-0.39, 0.29) is 18.6 Å². The third-order valence-electron chi connectivity index (χ3n) is 3.23. The molecular weight excluding hydrogens is 270 g/mol. The summed E-state index contributed by atoms with van der Waals surface area (Å²) in [7, 11) is 0. The van der Waals surface area contributed by atoms with E-state index in [9.17, 15) is 4.79 Å². The molecule has 2 heterocycles. The lowest BCUT2D eigenvalue weighted by Crippen LogP contribution is -2.47. The third-order valence-corrected chi connectivity index (χ3v) is 3.23. The molecule has 1 N–H and O–H groups in total. The molecule has 0 fully saturated rings. The second-order valence-corrected chi connectivity index (χ2v) is 5.03. The summed E-state index contributed by atoms with van der Waals surface area (Å²) < 4.78 is 13.1. The van der Waals surface area contributed by atoms with Gasteiger partial charge in [0.05, 0.1) is 6.33 Å². The zero-order valence-corrected chi connectivity index (χ0v) is 11.7. The summed E-state index contributed by atoms with van der Waals surface area (Å²) in [4.78, 5) is 16.2. The van der Waals surface area contributed by atoms with Crippen LogP contribution in [0.4, 0.5) is 0 Å². The summed E-state index contributed by atoms with van der Waals surface area (Å²) in [6, 6.07) is 7.32. The van der Waals surface area contributed by atoms with Gasteiger partial charge in [-0.15, -0.1) is 0 Å². The van der Waals surface area contributed by atoms with Crippen LogP contribution in [0, 0.1) is 0 Å². The fraction of sp³-hybridized carbons (Fsp3) is 0.333. The van der Waals surface area contributed by atoms with Crippen molar-refractivity contribution in [1.82, 2.24) is 14.9 Å². The first-order valence-electron chi connectivity index (χ1n) is 6.87. The van der Waals surface area contributed by atoms with Gasteiger partial charge in [0.15, 0.2) is 11.5 Å². The van der Waals surface area contributed by atoms with Crippen LogP contribution in [0.15, 0.2) is 43.0 Å². The molecule has 3 rings (SSSR count). The van der Waals surface area contributed by atoms with Gasteiger partial charge in [-0.3, -0.25) is 4.79 Å². The van der Waals surface area contributed by atoms with Gasteiger partial charge in [-0.05, 0) is 19.1 Å². The molecule has 2 atom stereocenters. The van der Waals surface area contributed by atoms with Crippen molar-refractivity contribution in [1.29, 1.82) is 0 Å². The second kappa shape index (κ2) is 5.87. The SMILES string of the molecule is CC(Cn1ccnc1)NC(=O)C1COc2ccccc2O1. The average Bonchev–Trinajstić information content (AvgIpc) is 2.99. The van der Waals surface area contributed by atoms with Gasteiger partial charge in [0.25, 0.3) is 5.91 Å².